The average Bonchev–Trinajstić information content (AvgIpc) is 2.28. The minimum atomic E-state index is -1.14. The lowest BCUT2D eigenvalue weighted by Crippen LogP contribution is -2.24. The second-order valence-corrected chi connectivity index (χ2v) is 4.55. The number of nitrogens with zero attached hydrogens (tertiary/aromatic N) is 1. The third-order valence-corrected chi connectivity index (χ3v) is 2.84. The van der Waals surface area contributed by atoms with Crippen molar-refractivity contribution in [2.75, 3.05) is 5.73 Å². The van der Waals surface area contributed by atoms with Crippen LogP contribution < -0.4 is 5.73 Å². The first-order valence-electron chi connectivity index (χ1n) is 5.66. The zero-order valence-electron chi connectivity index (χ0n) is 10.1. The van der Waals surface area contributed by atoms with Crippen molar-refractivity contribution in [3.8, 4) is 0 Å². The van der Waals surface area contributed by atoms with Crippen molar-refractivity contribution in [3.05, 3.63) is 59.5 Å². The molecule has 0 fully saturated rings. The van der Waals surface area contributed by atoms with Crippen LogP contribution in [0.2, 0.25) is 0 Å². The van der Waals surface area contributed by atoms with Gasteiger partial charge in [0.2, 0.25) is 0 Å². The van der Waals surface area contributed by atoms with Crippen LogP contribution in [0.5, 0.6) is 0 Å². The predicted molar refractivity (Wildman–Crippen MR) is 68.3 cm³/mol. The molecule has 0 radical (unpaired) electrons. The van der Waals surface area contributed by atoms with Gasteiger partial charge in [-0.15, -0.1) is 0 Å². The summed E-state index contributed by atoms with van der Waals surface area (Å²) in [6.45, 7) is 1.65. The lowest BCUT2D eigenvalue weighted by atomic mass is 9.89. The average molecular weight is 246 g/mol. The van der Waals surface area contributed by atoms with Gasteiger partial charge in [0.1, 0.15) is 11.6 Å². The van der Waals surface area contributed by atoms with Crippen LogP contribution in [0.15, 0.2) is 42.6 Å². The fourth-order valence-electron chi connectivity index (χ4n) is 1.93. The van der Waals surface area contributed by atoms with Crippen LogP contribution in [0.1, 0.15) is 18.1 Å². The van der Waals surface area contributed by atoms with Gasteiger partial charge >= 0.3 is 0 Å². The standard InChI is InChI=1S/C14H15FN2O/c1-14(18,11-3-2-4-12(15)8-11)9-10-5-6-17-13(16)7-10/h2-8,18H,9H2,1H3,(H2,16,17). The van der Waals surface area contributed by atoms with Gasteiger partial charge in [0.15, 0.2) is 0 Å². The Kier molecular flexibility index (Phi) is 3.30. The number of halogens is 1. The van der Waals surface area contributed by atoms with Gasteiger partial charge in [-0.1, -0.05) is 12.1 Å². The number of hydrogen-bond donors (Lipinski definition) is 2. The first kappa shape index (κ1) is 12.5. The number of nitrogens with two attached hydrogens (primary N) is 1. The second-order valence-electron chi connectivity index (χ2n) is 4.55. The summed E-state index contributed by atoms with van der Waals surface area (Å²) >= 11 is 0. The number of anilines is 1. The highest BCUT2D eigenvalue weighted by Crippen LogP contribution is 2.26. The molecule has 1 heterocycles. The van der Waals surface area contributed by atoms with E-state index in [0.717, 1.165) is 5.56 Å². The van der Waals surface area contributed by atoms with Gasteiger partial charge in [0, 0.05) is 12.6 Å². The molecular formula is C14H15FN2O. The van der Waals surface area contributed by atoms with Crippen molar-refractivity contribution in [1.29, 1.82) is 0 Å². The Balaban J connectivity index is 2.26. The Hall–Kier alpha value is -1.94. The molecule has 94 valence electrons. The summed E-state index contributed by atoms with van der Waals surface area (Å²) < 4.78 is 13.2. The molecule has 2 rings (SSSR count). The molecule has 1 aromatic carbocycles. The maximum Gasteiger partial charge on any atom is 0.123 e. The number of hydrogen-bond acceptors (Lipinski definition) is 3. The molecule has 0 saturated heterocycles. The molecule has 1 atom stereocenters. The Labute approximate surface area is 105 Å². The largest absolute Gasteiger partial charge is 0.385 e. The summed E-state index contributed by atoms with van der Waals surface area (Å²) in [5, 5.41) is 10.4. The van der Waals surface area contributed by atoms with E-state index >= 15 is 0 Å². The lowest BCUT2D eigenvalue weighted by Gasteiger charge is -2.24. The van der Waals surface area contributed by atoms with E-state index in [1.54, 1.807) is 37.4 Å². The second kappa shape index (κ2) is 4.74. The molecule has 2 aromatic rings. The third-order valence-electron chi connectivity index (χ3n) is 2.84. The molecule has 0 aliphatic heterocycles. The number of nitrogen functional groups attached to an aromatic ring is 1. The quantitative estimate of drug-likeness (QED) is 0.873. The summed E-state index contributed by atoms with van der Waals surface area (Å²) in [5.74, 6) is 0.0459. The topological polar surface area (TPSA) is 59.1 Å². The van der Waals surface area contributed by atoms with Crippen molar-refractivity contribution in [3.63, 3.8) is 0 Å². The van der Waals surface area contributed by atoms with Crippen molar-refractivity contribution >= 4 is 5.82 Å². The summed E-state index contributed by atoms with van der Waals surface area (Å²) in [6, 6.07) is 9.46. The number of pyridine rings is 1. The highest BCUT2D eigenvalue weighted by atomic mass is 19.1. The van der Waals surface area contributed by atoms with E-state index in [-0.39, 0.29) is 5.82 Å². The number of rotatable bonds is 3. The number of aromatic nitrogens is 1. The Bertz CT molecular complexity index is 555. The lowest BCUT2D eigenvalue weighted by molar-refractivity contribution is 0.0573. The monoisotopic (exact) mass is 246 g/mol. The van der Waals surface area contributed by atoms with Gasteiger partial charge in [-0.25, -0.2) is 9.37 Å². The summed E-state index contributed by atoms with van der Waals surface area (Å²) in [4.78, 5) is 3.89. The van der Waals surface area contributed by atoms with E-state index in [1.807, 2.05) is 0 Å². The van der Waals surface area contributed by atoms with Crippen molar-refractivity contribution < 1.29 is 9.50 Å². The van der Waals surface area contributed by atoms with Crippen LogP contribution in [0.4, 0.5) is 10.2 Å². The van der Waals surface area contributed by atoms with Gasteiger partial charge in [0.05, 0.1) is 5.60 Å². The zero-order valence-corrected chi connectivity index (χ0v) is 10.1. The van der Waals surface area contributed by atoms with Gasteiger partial charge in [0.25, 0.3) is 0 Å². The molecule has 18 heavy (non-hydrogen) atoms. The first-order chi connectivity index (χ1) is 8.47. The summed E-state index contributed by atoms with van der Waals surface area (Å²) in [5.41, 5.74) is 5.84. The van der Waals surface area contributed by atoms with Gasteiger partial charge < -0.3 is 10.8 Å². The maximum absolute atomic E-state index is 13.2. The van der Waals surface area contributed by atoms with Crippen LogP contribution in [0.3, 0.4) is 0 Å². The highest BCUT2D eigenvalue weighted by Gasteiger charge is 2.24. The molecule has 0 saturated carbocycles. The molecule has 0 aliphatic carbocycles. The Morgan fingerprint density at radius 1 is 1.33 bits per heavy atom. The minimum Gasteiger partial charge on any atom is -0.385 e. The summed E-state index contributed by atoms with van der Waals surface area (Å²) in [7, 11) is 0. The number of aliphatic hydroxyl groups is 1. The van der Waals surface area contributed by atoms with Crippen LogP contribution in [0, 0.1) is 5.82 Å². The maximum atomic E-state index is 13.2. The van der Waals surface area contributed by atoms with E-state index in [0.29, 0.717) is 17.8 Å². The van der Waals surface area contributed by atoms with Crippen molar-refractivity contribution in [1.82, 2.24) is 4.98 Å². The molecule has 3 nitrogen and oxygen atoms in total. The Morgan fingerprint density at radius 2 is 2.11 bits per heavy atom. The SMILES string of the molecule is CC(O)(Cc1ccnc(N)c1)c1cccc(F)c1. The zero-order chi connectivity index (χ0) is 13.2. The van der Waals surface area contributed by atoms with E-state index < -0.39 is 5.60 Å². The van der Waals surface area contributed by atoms with Crippen LogP contribution in [-0.4, -0.2) is 10.1 Å². The molecule has 1 aromatic heterocycles. The van der Waals surface area contributed by atoms with E-state index in [1.165, 1.54) is 12.1 Å². The fraction of sp³-hybridized carbons (Fsp3) is 0.214. The smallest absolute Gasteiger partial charge is 0.123 e. The first-order valence-corrected chi connectivity index (χ1v) is 5.66. The molecule has 0 spiro atoms. The van der Waals surface area contributed by atoms with Crippen LogP contribution in [0.25, 0.3) is 0 Å². The third kappa shape index (κ3) is 2.84. The Morgan fingerprint density at radius 3 is 2.78 bits per heavy atom. The predicted octanol–water partition coefficient (Wildman–Crippen LogP) is 2.25. The molecular weight excluding hydrogens is 231 g/mol. The highest BCUT2D eigenvalue weighted by molar-refractivity contribution is 5.34. The van der Waals surface area contributed by atoms with Crippen LogP contribution in [-0.2, 0) is 12.0 Å². The van der Waals surface area contributed by atoms with E-state index in [9.17, 15) is 9.50 Å². The van der Waals surface area contributed by atoms with E-state index in [2.05, 4.69) is 4.98 Å². The van der Waals surface area contributed by atoms with Gasteiger partial charge in [-0.2, -0.15) is 0 Å². The molecule has 3 N–H and O–H groups in total. The summed E-state index contributed by atoms with van der Waals surface area (Å²) in [6.07, 6.45) is 1.94. The molecule has 4 heteroatoms. The molecule has 0 aliphatic rings. The molecule has 0 bridgehead atoms. The normalized spacial score (nSPS) is 14.2. The van der Waals surface area contributed by atoms with Crippen molar-refractivity contribution in [2.24, 2.45) is 0 Å². The number of benzene rings is 1. The van der Waals surface area contributed by atoms with E-state index in [4.69, 9.17) is 5.73 Å². The molecule has 0 amide bonds. The van der Waals surface area contributed by atoms with Gasteiger partial charge in [-0.05, 0) is 42.3 Å². The van der Waals surface area contributed by atoms with Crippen molar-refractivity contribution in [2.45, 2.75) is 18.9 Å². The minimum absolute atomic E-state index is 0.350. The molecule has 1 unspecified atom stereocenters. The van der Waals surface area contributed by atoms with Crippen LogP contribution >= 0.6 is 0 Å². The fourth-order valence-corrected chi connectivity index (χ4v) is 1.93. The van der Waals surface area contributed by atoms with Gasteiger partial charge in [-0.3, -0.25) is 0 Å².